The van der Waals surface area contributed by atoms with Crippen LogP contribution in [0.3, 0.4) is 0 Å². The molecule has 2 N–H and O–H groups in total. The number of nitrogens with zero attached hydrogens (tertiary/aromatic N) is 4. The molecule has 0 saturated carbocycles. The minimum absolute atomic E-state index is 0.0530. The van der Waals surface area contributed by atoms with Gasteiger partial charge in [0.15, 0.2) is 0 Å². The molecule has 3 aromatic rings. The lowest BCUT2D eigenvalue weighted by atomic mass is 10.3. The van der Waals surface area contributed by atoms with Crippen molar-refractivity contribution in [2.75, 3.05) is 17.7 Å². The number of nitro groups is 1. The highest BCUT2D eigenvalue weighted by Gasteiger charge is 2.24. The molecule has 0 radical (unpaired) electrons. The number of anilines is 4. The Morgan fingerprint density at radius 1 is 1.04 bits per heavy atom. The van der Waals surface area contributed by atoms with Gasteiger partial charge in [-0.05, 0) is 30.7 Å². The summed E-state index contributed by atoms with van der Waals surface area (Å²) >= 11 is 0. The van der Waals surface area contributed by atoms with Crippen molar-refractivity contribution in [2.24, 2.45) is 0 Å². The van der Waals surface area contributed by atoms with Gasteiger partial charge in [-0.1, -0.05) is 12.1 Å². The first-order chi connectivity index (χ1) is 12.6. The van der Waals surface area contributed by atoms with Crippen molar-refractivity contribution in [3.8, 4) is 5.75 Å². The zero-order valence-electron chi connectivity index (χ0n) is 14.1. The largest absolute Gasteiger partial charge is 0.497 e. The van der Waals surface area contributed by atoms with Crippen LogP contribution in [-0.2, 0) is 0 Å². The average Bonchev–Trinajstić information content (AvgIpc) is 2.63. The Bertz CT molecular complexity index is 947. The molecule has 2 heterocycles. The number of hydrogen-bond donors (Lipinski definition) is 2. The van der Waals surface area contributed by atoms with Crippen LogP contribution in [0.5, 0.6) is 5.75 Å². The van der Waals surface area contributed by atoms with E-state index in [4.69, 9.17) is 4.74 Å². The molecule has 1 aromatic carbocycles. The second-order valence-corrected chi connectivity index (χ2v) is 5.33. The topological polar surface area (TPSA) is 115 Å². The maximum absolute atomic E-state index is 11.6. The summed E-state index contributed by atoms with van der Waals surface area (Å²) in [5.41, 5.74) is 1.16. The number of nitrogens with one attached hydrogen (secondary N) is 2. The lowest BCUT2D eigenvalue weighted by Crippen LogP contribution is -2.06. The Morgan fingerprint density at radius 2 is 1.81 bits per heavy atom. The predicted molar refractivity (Wildman–Crippen MR) is 97.2 cm³/mol. The average molecular weight is 352 g/mol. The van der Waals surface area contributed by atoms with E-state index < -0.39 is 4.92 Å². The molecule has 9 nitrogen and oxygen atoms in total. The Labute approximate surface area is 149 Å². The van der Waals surface area contributed by atoms with E-state index in [0.717, 1.165) is 5.56 Å². The Kier molecular flexibility index (Phi) is 4.88. The van der Waals surface area contributed by atoms with E-state index in [1.807, 2.05) is 13.0 Å². The molecule has 9 heteroatoms. The molecule has 0 aliphatic rings. The first-order valence-corrected chi connectivity index (χ1v) is 7.67. The summed E-state index contributed by atoms with van der Waals surface area (Å²) in [5, 5.41) is 17.5. The van der Waals surface area contributed by atoms with Crippen molar-refractivity contribution in [1.82, 2.24) is 15.0 Å². The van der Waals surface area contributed by atoms with Crippen LogP contribution in [0.2, 0.25) is 0 Å². The Hall–Kier alpha value is -3.75. The number of aromatic nitrogens is 3. The van der Waals surface area contributed by atoms with Crippen molar-refractivity contribution in [3.63, 3.8) is 0 Å². The van der Waals surface area contributed by atoms with Gasteiger partial charge in [0, 0.05) is 18.0 Å². The molecule has 26 heavy (non-hydrogen) atoms. The van der Waals surface area contributed by atoms with Crippen LogP contribution in [0.25, 0.3) is 0 Å². The molecule has 2 aromatic heterocycles. The predicted octanol–water partition coefficient (Wildman–Crippen LogP) is 3.58. The van der Waals surface area contributed by atoms with E-state index in [-0.39, 0.29) is 17.3 Å². The summed E-state index contributed by atoms with van der Waals surface area (Å²) in [5.74, 6) is 1.22. The molecule has 0 amide bonds. The van der Waals surface area contributed by atoms with E-state index in [1.165, 1.54) is 6.33 Å². The molecule has 0 saturated heterocycles. The molecule has 0 atom stereocenters. The summed E-state index contributed by atoms with van der Waals surface area (Å²) in [4.78, 5) is 23.3. The first-order valence-electron chi connectivity index (χ1n) is 7.67. The molecule has 0 unspecified atom stereocenters. The highest BCUT2D eigenvalue weighted by molar-refractivity contribution is 5.76. The van der Waals surface area contributed by atoms with Gasteiger partial charge in [-0.2, -0.15) is 0 Å². The van der Waals surface area contributed by atoms with Crippen LogP contribution in [0.1, 0.15) is 5.56 Å². The SMILES string of the molecule is COc1cccc(Nc2ncnc(Nc3ncccc3C)c2[N+](=O)[O-])c1. The Morgan fingerprint density at radius 3 is 2.50 bits per heavy atom. The number of aryl methyl sites for hydroxylation is 1. The molecule has 0 fully saturated rings. The molecular formula is C17H16N6O3. The smallest absolute Gasteiger partial charge is 0.353 e. The fraction of sp³-hybridized carbons (Fsp3) is 0.118. The van der Waals surface area contributed by atoms with Gasteiger partial charge in [-0.15, -0.1) is 0 Å². The number of rotatable bonds is 6. The van der Waals surface area contributed by atoms with Crippen LogP contribution < -0.4 is 15.4 Å². The first kappa shape index (κ1) is 17.1. The summed E-state index contributed by atoms with van der Waals surface area (Å²) in [6.45, 7) is 1.85. The van der Waals surface area contributed by atoms with Crippen molar-refractivity contribution >= 4 is 28.8 Å². The van der Waals surface area contributed by atoms with Gasteiger partial charge in [0.25, 0.3) is 0 Å². The van der Waals surface area contributed by atoms with E-state index in [2.05, 4.69) is 25.6 Å². The molecule has 0 aliphatic heterocycles. The molecule has 0 bridgehead atoms. The Balaban J connectivity index is 1.98. The third-order valence-corrected chi connectivity index (χ3v) is 3.58. The van der Waals surface area contributed by atoms with Gasteiger partial charge < -0.3 is 15.4 Å². The number of benzene rings is 1. The summed E-state index contributed by atoms with van der Waals surface area (Å²) in [6.07, 6.45) is 2.84. The number of methoxy groups -OCH3 is 1. The minimum Gasteiger partial charge on any atom is -0.497 e. The fourth-order valence-electron chi connectivity index (χ4n) is 2.30. The van der Waals surface area contributed by atoms with Crippen molar-refractivity contribution < 1.29 is 9.66 Å². The maximum atomic E-state index is 11.6. The minimum atomic E-state index is -0.539. The van der Waals surface area contributed by atoms with E-state index >= 15 is 0 Å². The van der Waals surface area contributed by atoms with Crippen molar-refractivity contribution in [3.05, 3.63) is 64.6 Å². The van der Waals surface area contributed by atoms with Gasteiger partial charge in [0.1, 0.15) is 17.9 Å². The molecule has 0 aliphatic carbocycles. The van der Waals surface area contributed by atoms with Crippen LogP contribution in [0.4, 0.5) is 28.8 Å². The molecule has 132 valence electrons. The van der Waals surface area contributed by atoms with Gasteiger partial charge in [-0.25, -0.2) is 15.0 Å². The van der Waals surface area contributed by atoms with Crippen LogP contribution in [0.15, 0.2) is 48.9 Å². The van der Waals surface area contributed by atoms with Crippen LogP contribution in [-0.4, -0.2) is 27.0 Å². The van der Waals surface area contributed by atoms with Crippen molar-refractivity contribution in [2.45, 2.75) is 6.92 Å². The fourth-order valence-corrected chi connectivity index (χ4v) is 2.30. The van der Waals surface area contributed by atoms with Gasteiger partial charge >= 0.3 is 5.69 Å². The lowest BCUT2D eigenvalue weighted by molar-refractivity contribution is -0.383. The third kappa shape index (κ3) is 3.66. The van der Waals surface area contributed by atoms with Gasteiger partial charge in [-0.3, -0.25) is 10.1 Å². The third-order valence-electron chi connectivity index (χ3n) is 3.58. The molecular weight excluding hydrogens is 336 g/mol. The zero-order chi connectivity index (χ0) is 18.5. The second kappa shape index (κ2) is 7.43. The number of ether oxygens (including phenoxy) is 1. The van der Waals surface area contributed by atoms with E-state index in [0.29, 0.717) is 17.3 Å². The maximum Gasteiger partial charge on any atom is 0.353 e. The number of hydrogen-bond acceptors (Lipinski definition) is 8. The van der Waals surface area contributed by atoms with E-state index in [9.17, 15) is 10.1 Å². The second-order valence-electron chi connectivity index (χ2n) is 5.33. The highest BCUT2D eigenvalue weighted by Crippen LogP contribution is 2.33. The van der Waals surface area contributed by atoms with E-state index in [1.54, 1.807) is 43.6 Å². The van der Waals surface area contributed by atoms with Gasteiger partial charge in [0.2, 0.25) is 11.6 Å². The zero-order valence-corrected chi connectivity index (χ0v) is 14.1. The lowest BCUT2D eigenvalue weighted by Gasteiger charge is -2.11. The number of pyridine rings is 1. The quantitative estimate of drug-likeness (QED) is 0.511. The monoisotopic (exact) mass is 352 g/mol. The van der Waals surface area contributed by atoms with Crippen molar-refractivity contribution in [1.29, 1.82) is 0 Å². The summed E-state index contributed by atoms with van der Waals surface area (Å²) < 4.78 is 5.16. The van der Waals surface area contributed by atoms with Crippen LogP contribution >= 0.6 is 0 Å². The molecule has 0 spiro atoms. The standard InChI is InChI=1S/C17H16N6O3/c1-11-5-4-8-18-15(11)22-17-14(23(24)25)16(19-10-20-17)21-12-6-3-7-13(9-12)26-2/h3-10H,1-2H3,(H2,18,19,20,21,22). The normalized spacial score (nSPS) is 10.2. The highest BCUT2D eigenvalue weighted by atomic mass is 16.6. The molecule has 3 rings (SSSR count). The summed E-state index contributed by atoms with van der Waals surface area (Å²) in [7, 11) is 1.55. The van der Waals surface area contributed by atoms with Crippen LogP contribution in [0, 0.1) is 17.0 Å². The van der Waals surface area contributed by atoms with Gasteiger partial charge in [0.05, 0.1) is 12.0 Å². The summed E-state index contributed by atoms with van der Waals surface area (Å²) in [6, 6.07) is 10.6.